The number of carbonyl (C=O) groups excluding carboxylic acids is 7. The van der Waals surface area contributed by atoms with Gasteiger partial charge in [-0.3, -0.25) is 19.2 Å². The highest BCUT2D eigenvalue weighted by atomic mass is 16.6. The fourth-order valence-electron chi connectivity index (χ4n) is 11.3. The maximum Gasteiger partial charge on any atom is 0.350 e. The quantitative estimate of drug-likeness (QED) is 0.0745. The van der Waals surface area contributed by atoms with Crippen LogP contribution in [0.15, 0.2) is 102 Å². The number of ketones is 1. The molecule has 0 aliphatic heterocycles. The van der Waals surface area contributed by atoms with E-state index in [4.69, 9.17) is 33.2 Å². The summed E-state index contributed by atoms with van der Waals surface area (Å²) in [6.07, 6.45) is -8.57. The Kier molecular flexibility index (Phi) is 15.2. The minimum atomic E-state index is -2.41. The number of fused-ring (bicyclic) bond motifs is 5. The average Bonchev–Trinajstić information content (AvgIpc) is 3.32. The van der Waals surface area contributed by atoms with E-state index in [1.807, 2.05) is 0 Å². The lowest BCUT2D eigenvalue weighted by molar-refractivity contribution is -0.296. The third-order valence-electron chi connectivity index (χ3n) is 15.0. The molecule has 2 bridgehead atoms. The molecule has 3 aromatic carbocycles. The number of hydrogen-bond acceptors (Lipinski definition) is 16. The van der Waals surface area contributed by atoms with Gasteiger partial charge >= 0.3 is 29.8 Å². The maximum absolute atomic E-state index is 15.7. The number of nitrogens with one attached hydrogen (secondary N) is 1. The number of ether oxygens (including phenoxy) is 7. The van der Waals surface area contributed by atoms with Crippen LogP contribution >= 0.6 is 0 Å². The second-order valence-electron chi connectivity index (χ2n) is 19.3. The van der Waals surface area contributed by atoms with Crippen LogP contribution in [0.25, 0.3) is 0 Å². The van der Waals surface area contributed by atoms with Crippen LogP contribution in [0.3, 0.4) is 0 Å². The van der Waals surface area contributed by atoms with Gasteiger partial charge in [0.2, 0.25) is 6.10 Å². The molecule has 3 aromatic rings. The molecule has 0 unspecified atom stereocenters. The van der Waals surface area contributed by atoms with Crippen molar-refractivity contribution in [2.24, 2.45) is 22.7 Å². The summed E-state index contributed by atoms with van der Waals surface area (Å²) in [5, 5.41) is 29.0. The standard InChI is InChI=1S/C53H61NO16/c1-30-37(67-49(62)43(68-39(58)29-65-26-25-64-7)41(33-17-11-8-12-18-33)54-47(60)34-19-13-9-14-20-34)28-53(63)46(69-48(61)35-21-15-10-16-22-35)44-51(6,38(57)27-36-23-24-52(36,44)70-32(3)56)45(59)42(66-31(2)55)40(30)50(53,4)5/h8-22,36-38,41-44,46,57,63H,23-29H2,1-7H3,(H,54,60)/t36-,37+,38+,41+,42-,43-,44+,46+,51-,52+,53-/m1/s1. The van der Waals surface area contributed by atoms with E-state index in [0.29, 0.717) is 12.0 Å². The summed E-state index contributed by atoms with van der Waals surface area (Å²) in [5.74, 6) is -8.26. The molecule has 11 atom stereocenters. The Morgan fingerprint density at radius 3 is 2.00 bits per heavy atom. The van der Waals surface area contributed by atoms with Crippen LogP contribution in [0.2, 0.25) is 0 Å². The summed E-state index contributed by atoms with van der Waals surface area (Å²) < 4.78 is 41.4. The van der Waals surface area contributed by atoms with Gasteiger partial charge in [-0.25, -0.2) is 14.4 Å². The molecular formula is C53H61NO16. The molecule has 3 fully saturated rings. The monoisotopic (exact) mass is 967 g/mol. The normalized spacial score (nSPS) is 29.5. The van der Waals surface area contributed by atoms with Gasteiger partial charge in [-0.15, -0.1) is 0 Å². The number of Topliss-reactive ketones (excluding diaryl/α,β-unsaturated/α-hetero) is 1. The molecule has 374 valence electrons. The van der Waals surface area contributed by atoms with Crippen LogP contribution in [0.4, 0.5) is 0 Å². The molecule has 4 aliphatic carbocycles. The van der Waals surface area contributed by atoms with Gasteiger partial charge in [-0.1, -0.05) is 80.6 Å². The van der Waals surface area contributed by atoms with Gasteiger partial charge < -0.3 is 48.7 Å². The van der Waals surface area contributed by atoms with Gasteiger partial charge in [0.05, 0.1) is 36.2 Å². The molecule has 3 N–H and O–H groups in total. The highest BCUT2D eigenvalue weighted by Crippen LogP contribution is 2.67. The predicted octanol–water partition coefficient (Wildman–Crippen LogP) is 4.96. The largest absolute Gasteiger partial charge is 0.458 e. The fraction of sp³-hybridized carbons (Fsp3) is 0.491. The van der Waals surface area contributed by atoms with Gasteiger partial charge in [-0.2, -0.15) is 0 Å². The minimum absolute atomic E-state index is 0.00552. The van der Waals surface area contributed by atoms with Crippen molar-refractivity contribution in [1.29, 1.82) is 0 Å². The van der Waals surface area contributed by atoms with Crippen molar-refractivity contribution >= 4 is 41.5 Å². The van der Waals surface area contributed by atoms with Crippen LogP contribution in [0.5, 0.6) is 0 Å². The third-order valence-corrected chi connectivity index (χ3v) is 15.0. The molecule has 0 saturated heterocycles. The lowest BCUT2D eigenvalue weighted by atomic mass is 9.41. The van der Waals surface area contributed by atoms with E-state index in [2.05, 4.69) is 5.32 Å². The summed E-state index contributed by atoms with van der Waals surface area (Å²) in [6, 6.07) is 22.9. The van der Waals surface area contributed by atoms with Crippen molar-refractivity contribution in [1.82, 2.24) is 5.32 Å². The van der Waals surface area contributed by atoms with Crippen molar-refractivity contribution in [3.05, 3.63) is 119 Å². The van der Waals surface area contributed by atoms with Gasteiger partial charge in [0.15, 0.2) is 11.9 Å². The zero-order valence-corrected chi connectivity index (χ0v) is 40.3. The lowest BCUT2D eigenvalue weighted by Crippen LogP contribution is -2.78. The zero-order valence-electron chi connectivity index (χ0n) is 40.3. The minimum Gasteiger partial charge on any atom is -0.458 e. The molecule has 4 aliphatic rings. The van der Waals surface area contributed by atoms with E-state index < -0.39 is 125 Å². The highest BCUT2D eigenvalue weighted by molar-refractivity contribution is 5.96. The number of amides is 1. The van der Waals surface area contributed by atoms with Crippen LogP contribution in [-0.4, -0.2) is 120 Å². The molecule has 1 amide bonds. The molecule has 7 rings (SSSR count). The first-order valence-corrected chi connectivity index (χ1v) is 23.4. The molecule has 17 nitrogen and oxygen atoms in total. The molecule has 0 radical (unpaired) electrons. The number of rotatable bonds is 16. The maximum atomic E-state index is 15.7. The number of carbonyl (C=O) groups is 7. The molecule has 70 heavy (non-hydrogen) atoms. The molecule has 17 heteroatoms. The summed E-state index contributed by atoms with van der Waals surface area (Å²) in [6.45, 7) is 7.95. The smallest absolute Gasteiger partial charge is 0.350 e. The fourth-order valence-corrected chi connectivity index (χ4v) is 11.3. The summed E-state index contributed by atoms with van der Waals surface area (Å²) in [7, 11) is 1.45. The summed E-state index contributed by atoms with van der Waals surface area (Å²) in [4.78, 5) is 99.2. The molecule has 0 aromatic heterocycles. The van der Waals surface area contributed by atoms with E-state index in [1.54, 1.807) is 92.7 Å². The number of benzene rings is 3. The number of methoxy groups -OCH3 is 1. The Bertz CT molecular complexity index is 2490. The third kappa shape index (κ3) is 9.51. The number of hydrogen-bond donors (Lipinski definition) is 3. The molecule has 0 heterocycles. The second kappa shape index (κ2) is 20.6. The van der Waals surface area contributed by atoms with Crippen molar-refractivity contribution in [3.8, 4) is 0 Å². The van der Waals surface area contributed by atoms with Gasteiger partial charge in [0.25, 0.3) is 5.91 Å². The van der Waals surface area contributed by atoms with Crippen LogP contribution in [0, 0.1) is 22.7 Å². The average molecular weight is 968 g/mol. The molecule has 3 saturated carbocycles. The number of aliphatic hydroxyl groups excluding tert-OH is 1. The van der Waals surface area contributed by atoms with Gasteiger partial charge in [0, 0.05) is 44.3 Å². The summed E-state index contributed by atoms with van der Waals surface area (Å²) >= 11 is 0. The molecular weight excluding hydrogens is 907 g/mol. The number of esters is 5. The predicted molar refractivity (Wildman–Crippen MR) is 247 cm³/mol. The first-order chi connectivity index (χ1) is 33.2. The Morgan fingerprint density at radius 1 is 0.814 bits per heavy atom. The number of aliphatic hydroxyl groups is 2. The first-order valence-electron chi connectivity index (χ1n) is 23.4. The first kappa shape index (κ1) is 51.6. The SMILES string of the molecule is COCCOCC(=O)O[C@@H](C(=O)O[C@H]1C[C@@]2(O)[C@@H](OC(=O)c3ccccc3)[C@@H]3[C@]4(OC(C)=O)CC[C@@H]4C[C@H](O)[C@@]3(C)C(=O)[C@H](OC(C)=O)C(=C1C)C2(C)C)[C@@H](NC(=O)c1ccccc1)c1ccccc1. The van der Waals surface area contributed by atoms with Crippen molar-refractivity contribution in [2.45, 2.75) is 115 Å². The van der Waals surface area contributed by atoms with E-state index in [9.17, 15) is 34.2 Å². The Balaban J connectivity index is 1.41. The van der Waals surface area contributed by atoms with E-state index in [-0.39, 0.29) is 48.3 Å². The second-order valence-corrected chi connectivity index (χ2v) is 19.3. The van der Waals surface area contributed by atoms with Gasteiger partial charge in [-0.05, 0) is 74.1 Å². The van der Waals surface area contributed by atoms with E-state index in [0.717, 1.165) is 6.92 Å². The summed E-state index contributed by atoms with van der Waals surface area (Å²) in [5.41, 5.74) is -6.94. The van der Waals surface area contributed by atoms with Gasteiger partial charge in [0.1, 0.15) is 36.1 Å². The molecule has 0 spiro atoms. The highest BCUT2D eigenvalue weighted by Gasteiger charge is 2.77. The van der Waals surface area contributed by atoms with Crippen molar-refractivity contribution in [3.63, 3.8) is 0 Å². The zero-order chi connectivity index (χ0) is 50.8. The lowest BCUT2D eigenvalue weighted by Gasteiger charge is -2.68. The van der Waals surface area contributed by atoms with E-state index >= 15 is 9.59 Å². The van der Waals surface area contributed by atoms with Crippen molar-refractivity contribution in [2.75, 3.05) is 26.9 Å². The Labute approximate surface area is 406 Å². The Hall–Kier alpha value is -6.27. The van der Waals surface area contributed by atoms with Crippen molar-refractivity contribution < 1.29 is 76.9 Å². The van der Waals surface area contributed by atoms with Crippen LogP contribution < -0.4 is 5.32 Å². The van der Waals surface area contributed by atoms with Crippen LogP contribution in [0.1, 0.15) is 99.5 Å². The topological polar surface area (TPSA) is 237 Å². The van der Waals surface area contributed by atoms with Crippen LogP contribution in [-0.2, 0) is 57.1 Å². The Morgan fingerprint density at radius 2 is 1.43 bits per heavy atom. The van der Waals surface area contributed by atoms with E-state index in [1.165, 1.54) is 40.0 Å².